The van der Waals surface area contributed by atoms with Crippen LogP contribution in [0.3, 0.4) is 0 Å². The summed E-state index contributed by atoms with van der Waals surface area (Å²) in [6.07, 6.45) is 3.25. The molecule has 4 heteroatoms. The van der Waals surface area contributed by atoms with E-state index in [1.54, 1.807) is 0 Å². The van der Waals surface area contributed by atoms with Crippen LogP contribution in [0.5, 0.6) is 0 Å². The molecular formula is C13H18F2N2. The zero-order valence-corrected chi connectivity index (χ0v) is 9.81. The minimum Gasteiger partial charge on any atom is -0.317 e. The van der Waals surface area contributed by atoms with Gasteiger partial charge in [-0.15, -0.1) is 0 Å². The van der Waals surface area contributed by atoms with Crippen LogP contribution in [0.15, 0.2) is 18.2 Å². The summed E-state index contributed by atoms with van der Waals surface area (Å²) in [5, 5.41) is 6.62. The molecule has 1 aliphatic rings. The predicted octanol–water partition coefficient (Wildman–Crippen LogP) is 2.20. The van der Waals surface area contributed by atoms with Crippen LogP contribution in [0.1, 0.15) is 24.8 Å². The molecule has 0 saturated carbocycles. The minimum atomic E-state index is -0.384. The van der Waals surface area contributed by atoms with Gasteiger partial charge < -0.3 is 10.6 Å². The molecule has 0 bridgehead atoms. The van der Waals surface area contributed by atoms with Crippen LogP contribution in [0.25, 0.3) is 0 Å². The van der Waals surface area contributed by atoms with Crippen LogP contribution in [0.2, 0.25) is 0 Å². The van der Waals surface area contributed by atoms with Gasteiger partial charge in [0.1, 0.15) is 11.6 Å². The standard InChI is InChI=1S/C13H18F2N2/c14-11-3-4-13(15)10(8-11)9-17-12-2-1-6-16-7-5-12/h3-4,8,12,16-17H,1-2,5-7,9H2. The van der Waals surface area contributed by atoms with Gasteiger partial charge in [-0.2, -0.15) is 0 Å². The summed E-state index contributed by atoms with van der Waals surface area (Å²) in [6, 6.07) is 3.99. The number of nitrogens with one attached hydrogen (secondary N) is 2. The third-order valence-electron chi connectivity index (χ3n) is 3.16. The highest BCUT2D eigenvalue weighted by molar-refractivity contribution is 5.18. The third kappa shape index (κ3) is 3.75. The lowest BCUT2D eigenvalue weighted by molar-refractivity contribution is 0.459. The molecule has 1 aromatic rings. The molecule has 2 N–H and O–H groups in total. The van der Waals surface area contributed by atoms with Crippen molar-refractivity contribution >= 4 is 0 Å². The molecule has 2 rings (SSSR count). The quantitative estimate of drug-likeness (QED) is 0.846. The van der Waals surface area contributed by atoms with Crippen LogP contribution >= 0.6 is 0 Å². The Morgan fingerprint density at radius 2 is 2.12 bits per heavy atom. The first kappa shape index (κ1) is 12.5. The first-order chi connectivity index (χ1) is 8.25. The van der Waals surface area contributed by atoms with Crippen molar-refractivity contribution in [3.63, 3.8) is 0 Å². The average Bonchev–Trinajstić information content (AvgIpc) is 2.59. The van der Waals surface area contributed by atoms with Crippen molar-refractivity contribution in [3.8, 4) is 0 Å². The van der Waals surface area contributed by atoms with Gasteiger partial charge >= 0.3 is 0 Å². The number of halogens is 2. The Morgan fingerprint density at radius 1 is 1.24 bits per heavy atom. The fourth-order valence-corrected chi connectivity index (χ4v) is 2.16. The second-order valence-corrected chi connectivity index (χ2v) is 4.49. The fourth-order valence-electron chi connectivity index (χ4n) is 2.16. The number of hydrogen-bond donors (Lipinski definition) is 2. The van der Waals surface area contributed by atoms with Crippen molar-refractivity contribution in [1.82, 2.24) is 10.6 Å². The maximum absolute atomic E-state index is 13.4. The molecule has 1 unspecified atom stereocenters. The smallest absolute Gasteiger partial charge is 0.127 e. The van der Waals surface area contributed by atoms with Crippen LogP contribution in [0, 0.1) is 11.6 Å². The molecule has 1 heterocycles. The van der Waals surface area contributed by atoms with Crippen molar-refractivity contribution in [2.24, 2.45) is 0 Å². The summed E-state index contributed by atoms with van der Waals surface area (Å²) in [6.45, 7) is 2.43. The molecule has 1 aliphatic heterocycles. The number of hydrogen-bond acceptors (Lipinski definition) is 2. The van der Waals surface area contributed by atoms with Crippen molar-refractivity contribution in [3.05, 3.63) is 35.4 Å². The largest absolute Gasteiger partial charge is 0.317 e. The Labute approximate surface area is 100 Å². The molecule has 0 amide bonds. The molecule has 0 aliphatic carbocycles. The Bertz CT molecular complexity index is 360. The summed E-state index contributed by atoms with van der Waals surface area (Å²) in [4.78, 5) is 0. The highest BCUT2D eigenvalue weighted by Crippen LogP contribution is 2.11. The van der Waals surface area contributed by atoms with Crippen molar-refractivity contribution in [2.75, 3.05) is 13.1 Å². The minimum absolute atomic E-state index is 0.342. The highest BCUT2D eigenvalue weighted by atomic mass is 19.1. The van der Waals surface area contributed by atoms with E-state index in [-0.39, 0.29) is 11.6 Å². The summed E-state index contributed by atoms with van der Waals surface area (Å²) < 4.78 is 26.4. The van der Waals surface area contributed by atoms with Gasteiger partial charge in [-0.1, -0.05) is 0 Å². The van der Waals surface area contributed by atoms with Crippen molar-refractivity contribution < 1.29 is 8.78 Å². The Balaban J connectivity index is 1.89. The van der Waals surface area contributed by atoms with E-state index in [9.17, 15) is 8.78 Å². The summed E-state index contributed by atoms with van der Waals surface area (Å²) >= 11 is 0. The SMILES string of the molecule is Fc1ccc(F)c(CNC2CCCNCC2)c1. The Morgan fingerprint density at radius 3 is 3.00 bits per heavy atom. The molecule has 0 radical (unpaired) electrons. The second kappa shape index (κ2) is 6.07. The highest BCUT2D eigenvalue weighted by Gasteiger charge is 2.12. The number of benzene rings is 1. The normalized spacial score (nSPS) is 21.2. The van der Waals surface area contributed by atoms with E-state index in [1.165, 1.54) is 12.1 Å². The van der Waals surface area contributed by atoms with Gasteiger partial charge in [0.2, 0.25) is 0 Å². The van der Waals surface area contributed by atoms with E-state index in [4.69, 9.17) is 0 Å². The fraction of sp³-hybridized carbons (Fsp3) is 0.538. The van der Waals surface area contributed by atoms with Gasteiger partial charge in [0.25, 0.3) is 0 Å². The van der Waals surface area contributed by atoms with Crippen molar-refractivity contribution in [2.45, 2.75) is 31.8 Å². The first-order valence-corrected chi connectivity index (χ1v) is 6.14. The lowest BCUT2D eigenvalue weighted by Gasteiger charge is -2.16. The van der Waals surface area contributed by atoms with Crippen LogP contribution in [-0.2, 0) is 6.54 Å². The van der Waals surface area contributed by atoms with Gasteiger partial charge in [-0.05, 0) is 50.6 Å². The molecule has 1 fully saturated rings. The van der Waals surface area contributed by atoms with Crippen LogP contribution in [-0.4, -0.2) is 19.1 Å². The summed E-state index contributed by atoms with van der Waals surface area (Å²) in [5.74, 6) is -0.726. The van der Waals surface area contributed by atoms with Crippen molar-refractivity contribution in [1.29, 1.82) is 0 Å². The lowest BCUT2D eigenvalue weighted by Crippen LogP contribution is -2.29. The average molecular weight is 240 g/mol. The van der Waals surface area contributed by atoms with Gasteiger partial charge in [0.15, 0.2) is 0 Å². The molecule has 0 aromatic heterocycles. The molecule has 1 aromatic carbocycles. The monoisotopic (exact) mass is 240 g/mol. The number of rotatable bonds is 3. The van der Waals surface area contributed by atoms with Gasteiger partial charge in [-0.25, -0.2) is 8.78 Å². The van der Waals surface area contributed by atoms with E-state index < -0.39 is 0 Å². The predicted molar refractivity (Wildman–Crippen MR) is 63.7 cm³/mol. The van der Waals surface area contributed by atoms with E-state index in [0.29, 0.717) is 18.2 Å². The van der Waals surface area contributed by atoms with E-state index in [0.717, 1.165) is 38.4 Å². The Hall–Kier alpha value is -1.00. The summed E-state index contributed by atoms with van der Waals surface area (Å²) in [7, 11) is 0. The van der Waals surface area contributed by atoms with E-state index in [2.05, 4.69) is 10.6 Å². The van der Waals surface area contributed by atoms with Gasteiger partial charge in [0, 0.05) is 18.2 Å². The molecule has 2 nitrogen and oxygen atoms in total. The van der Waals surface area contributed by atoms with Gasteiger partial charge in [0.05, 0.1) is 0 Å². The molecule has 1 saturated heterocycles. The summed E-state index contributed by atoms with van der Waals surface area (Å²) in [5.41, 5.74) is 0.405. The zero-order chi connectivity index (χ0) is 12.1. The molecule has 0 spiro atoms. The van der Waals surface area contributed by atoms with E-state index in [1.807, 2.05) is 0 Å². The molecule has 17 heavy (non-hydrogen) atoms. The van der Waals surface area contributed by atoms with Crippen LogP contribution < -0.4 is 10.6 Å². The lowest BCUT2D eigenvalue weighted by atomic mass is 10.1. The van der Waals surface area contributed by atoms with Gasteiger partial charge in [-0.3, -0.25) is 0 Å². The molecular weight excluding hydrogens is 222 g/mol. The van der Waals surface area contributed by atoms with E-state index >= 15 is 0 Å². The topological polar surface area (TPSA) is 24.1 Å². The van der Waals surface area contributed by atoms with Crippen LogP contribution in [0.4, 0.5) is 8.78 Å². The molecule has 1 atom stereocenters. The first-order valence-electron chi connectivity index (χ1n) is 6.14. The second-order valence-electron chi connectivity index (χ2n) is 4.49. The maximum atomic E-state index is 13.4. The Kier molecular flexibility index (Phi) is 4.45. The third-order valence-corrected chi connectivity index (χ3v) is 3.16. The molecule has 94 valence electrons. The zero-order valence-electron chi connectivity index (χ0n) is 9.81. The maximum Gasteiger partial charge on any atom is 0.127 e.